The Labute approximate surface area is 90.9 Å². The van der Waals surface area contributed by atoms with Crippen LogP contribution < -0.4 is 0 Å². The molecule has 0 radical (unpaired) electrons. The van der Waals surface area contributed by atoms with E-state index in [0.29, 0.717) is 0 Å². The van der Waals surface area contributed by atoms with Crippen LogP contribution in [0.4, 0.5) is 0 Å². The average Bonchev–Trinajstić information content (AvgIpc) is 2.42. The van der Waals surface area contributed by atoms with Crippen LogP contribution in [0.5, 0.6) is 0 Å². The third kappa shape index (κ3) is 2.04. The number of fused-ring (bicyclic) bond motifs is 1. The molecule has 2 heteroatoms. The van der Waals surface area contributed by atoms with E-state index in [4.69, 9.17) is 0 Å². The predicted molar refractivity (Wildman–Crippen MR) is 60.6 cm³/mol. The molecule has 0 atom stereocenters. The Morgan fingerprint density at radius 2 is 1.93 bits per heavy atom. The lowest BCUT2D eigenvalue weighted by atomic mass is 9.96. The van der Waals surface area contributed by atoms with Gasteiger partial charge in [-0.3, -0.25) is 4.79 Å². The maximum atomic E-state index is 12.0. The van der Waals surface area contributed by atoms with E-state index in [2.05, 4.69) is 20.8 Å². The van der Waals surface area contributed by atoms with E-state index < -0.39 is 0 Å². The second kappa shape index (κ2) is 3.37. The minimum atomic E-state index is 0.164. The summed E-state index contributed by atoms with van der Waals surface area (Å²) in [6, 6.07) is 7.88. The number of nitrogens with zero attached hydrogens (tertiary/aromatic N) is 1. The largest absolute Gasteiger partial charge is 0.334 e. The van der Waals surface area contributed by atoms with Gasteiger partial charge in [0.2, 0.25) is 0 Å². The van der Waals surface area contributed by atoms with Crippen LogP contribution in [0.2, 0.25) is 0 Å². The number of rotatable bonds is 1. The van der Waals surface area contributed by atoms with Gasteiger partial charge in [0.05, 0.1) is 0 Å². The molecule has 0 saturated carbocycles. The first-order valence-corrected chi connectivity index (χ1v) is 5.34. The Morgan fingerprint density at radius 1 is 1.27 bits per heavy atom. The molecule has 1 aliphatic heterocycles. The summed E-state index contributed by atoms with van der Waals surface area (Å²) < 4.78 is 0. The van der Waals surface area contributed by atoms with E-state index in [1.165, 1.54) is 0 Å². The molecule has 0 unspecified atom stereocenters. The molecule has 2 nitrogen and oxygen atoms in total. The first kappa shape index (κ1) is 10.2. The zero-order valence-electron chi connectivity index (χ0n) is 9.58. The fourth-order valence-electron chi connectivity index (χ4n) is 2.01. The van der Waals surface area contributed by atoms with Crippen molar-refractivity contribution in [2.24, 2.45) is 5.41 Å². The van der Waals surface area contributed by atoms with Gasteiger partial charge in [-0.05, 0) is 17.0 Å². The Kier molecular flexibility index (Phi) is 2.29. The standard InChI is InChI=1S/C13H17NO/c1-13(2,3)9-14-8-10-6-4-5-7-11(10)12(14)15/h4-7H,8-9H2,1-3H3. The molecule has 1 aliphatic rings. The normalized spacial score (nSPS) is 15.7. The maximum Gasteiger partial charge on any atom is 0.254 e. The fourth-order valence-corrected chi connectivity index (χ4v) is 2.01. The lowest BCUT2D eigenvalue weighted by molar-refractivity contribution is 0.0720. The second-order valence-electron chi connectivity index (χ2n) is 5.38. The van der Waals surface area contributed by atoms with Crippen molar-refractivity contribution < 1.29 is 4.79 Å². The van der Waals surface area contributed by atoms with E-state index >= 15 is 0 Å². The molecule has 2 rings (SSSR count). The fraction of sp³-hybridized carbons (Fsp3) is 0.462. The summed E-state index contributed by atoms with van der Waals surface area (Å²) in [5.41, 5.74) is 2.20. The van der Waals surface area contributed by atoms with Crippen molar-refractivity contribution in [2.75, 3.05) is 6.54 Å². The summed E-state index contributed by atoms with van der Waals surface area (Å²) in [5.74, 6) is 0.181. The summed E-state index contributed by atoms with van der Waals surface area (Å²) in [5, 5.41) is 0. The van der Waals surface area contributed by atoms with Crippen LogP contribution >= 0.6 is 0 Å². The molecule has 0 spiro atoms. The van der Waals surface area contributed by atoms with E-state index in [1.54, 1.807) is 0 Å². The van der Waals surface area contributed by atoms with Crippen LogP contribution in [-0.2, 0) is 6.54 Å². The van der Waals surface area contributed by atoms with Crippen molar-refractivity contribution in [2.45, 2.75) is 27.3 Å². The Morgan fingerprint density at radius 3 is 2.53 bits per heavy atom. The smallest absolute Gasteiger partial charge is 0.254 e. The van der Waals surface area contributed by atoms with E-state index in [9.17, 15) is 4.79 Å². The summed E-state index contributed by atoms with van der Waals surface area (Å²) in [7, 11) is 0. The van der Waals surface area contributed by atoms with Gasteiger partial charge in [0.1, 0.15) is 0 Å². The minimum Gasteiger partial charge on any atom is -0.334 e. The van der Waals surface area contributed by atoms with Gasteiger partial charge in [-0.25, -0.2) is 0 Å². The van der Waals surface area contributed by atoms with Crippen LogP contribution in [0.1, 0.15) is 36.7 Å². The second-order valence-corrected chi connectivity index (χ2v) is 5.38. The molecular formula is C13H17NO. The zero-order valence-corrected chi connectivity index (χ0v) is 9.58. The summed E-state index contributed by atoms with van der Waals surface area (Å²) in [6.45, 7) is 8.06. The molecule has 15 heavy (non-hydrogen) atoms. The van der Waals surface area contributed by atoms with E-state index in [1.807, 2.05) is 29.2 Å². The SMILES string of the molecule is CC(C)(C)CN1Cc2ccccc2C1=O. The molecule has 0 fully saturated rings. The number of hydrogen-bond acceptors (Lipinski definition) is 1. The number of amides is 1. The minimum absolute atomic E-state index is 0.164. The molecule has 0 aliphatic carbocycles. The third-order valence-electron chi connectivity index (χ3n) is 2.56. The monoisotopic (exact) mass is 203 g/mol. The Hall–Kier alpha value is -1.31. The quantitative estimate of drug-likeness (QED) is 0.687. The lowest BCUT2D eigenvalue weighted by Gasteiger charge is -2.26. The van der Waals surface area contributed by atoms with Crippen LogP contribution in [0.25, 0.3) is 0 Å². The molecule has 80 valence electrons. The highest BCUT2D eigenvalue weighted by Crippen LogP contribution is 2.26. The van der Waals surface area contributed by atoms with E-state index in [-0.39, 0.29) is 11.3 Å². The van der Waals surface area contributed by atoms with Crippen molar-refractivity contribution >= 4 is 5.91 Å². The van der Waals surface area contributed by atoms with Gasteiger partial charge in [0.25, 0.3) is 5.91 Å². The number of hydrogen-bond donors (Lipinski definition) is 0. The predicted octanol–water partition coefficient (Wildman–Crippen LogP) is 2.69. The topological polar surface area (TPSA) is 20.3 Å². The number of carbonyl (C=O) groups excluding carboxylic acids is 1. The van der Waals surface area contributed by atoms with Crippen molar-refractivity contribution in [1.82, 2.24) is 4.90 Å². The van der Waals surface area contributed by atoms with Gasteiger partial charge in [0.15, 0.2) is 0 Å². The molecule has 0 saturated heterocycles. The Bertz CT molecular complexity index is 390. The molecule has 0 N–H and O–H groups in total. The molecule has 1 aromatic rings. The zero-order chi connectivity index (χ0) is 11.1. The van der Waals surface area contributed by atoms with Gasteiger partial charge in [-0.1, -0.05) is 39.0 Å². The van der Waals surface area contributed by atoms with Crippen LogP contribution in [0, 0.1) is 5.41 Å². The van der Waals surface area contributed by atoms with Crippen molar-refractivity contribution in [3.05, 3.63) is 35.4 Å². The first-order valence-electron chi connectivity index (χ1n) is 5.34. The highest BCUT2D eigenvalue weighted by molar-refractivity contribution is 5.98. The third-order valence-corrected chi connectivity index (χ3v) is 2.56. The van der Waals surface area contributed by atoms with Crippen LogP contribution in [-0.4, -0.2) is 17.4 Å². The van der Waals surface area contributed by atoms with Gasteiger partial charge < -0.3 is 4.90 Å². The molecular weight excluding hydrogens is 186 g/mol. The summed E-state index contributed by atoms with van der Waals surface area (Å²) >= 11 is 0. The molecule has 0 aromatic heterocycles. The average molecular weight is 203 g/mol. The highest BCUT2D eigenvalue weighted by atomic mass is 16.2. The molecule has 0 bridgehead atoms. The van der Waals surface area contributed by atoms with Crippen molar-refractivity contribution in [1.29, 1.82) is 0 Å². The number of carbonyl (C=O) groups is 1. The Balaban J connectivity index is 2.21. The van der Waals surface area contributed by atoms with Gasteiger partial charge in [-0.2, -0.15) is 0 Å². The first-order chi connectivity index (χ1) is 6.97. The molecule has 1 aromatic carbocycles. The van der Waals surface area contributed by atoms with Crippen molar-refractivity contribution in [3.8, 4) is 0 Å². The van der Waals surface area contributed by atoms with E-state index in [0.717, 1.165) is 24.2 Å². The summed E-state index contributed by atoms with van der Waals surface area (Å²) in [4.78, 5) is 13.9. The maximum absolute atomic E-state index is 12.0. The van der Waals surface area contributed by atoms with Crippen LogP contribution in [0.3, 0.4) is 0 Å². The van der Waals surface area contributed by atoms with Crippen molar-refractivity contribution in [3.63, 3.8) is 0 Å². The highest BCUT2D eigenvalue weighted by Gasteiger charge is 2.29. The lowest BCUT2D eigenvalue weighted by Crippen LogP contribution is -2.32. The number of benzene rings is 1. The van der Waals surface area contributed by atoms with Gasteiger partial charge >= 0.3 is 0 Å². The summed E-state index contributed by atoms with van der Waals surface area (Å²) in [6.07, 6.45) is 0. The van der Waals surface area contributed by atoms with Gasteiger partial charge in [0, 0.05) is 18.7 Å². The van der Waals surface area contributed by atoms with Crippen LogP contribution in [0.15, 0.2) is 24.3 Å². The molecule has 1 heterocycles. The molecule has 1 amide bonds. The van der Waals surface area contributed by atoms with Gasteiger partial charge in [-0.15, -0.1) is 0 Å².